The number of benzene rings is 5. The summed E-state index contributed by atoms with van der Waals surface area (Å²) in [5, 5.41) is 0. The van der Waals surface area contributed by atoms with Crippen LogP contribution in [-0.2, 0) is 6.61 Å². The quantitative estimate of drug-likeness (QED) is 0.187. The summed E-state index contributed by atoms with van der Waals surface area (Å²) < 4.78 is 17.3. The molecule has 248 valence electrons. The first kappa shape index (κ1) is 35.7. The third kappa shape index (κ3) is 11.3. The van der Waals surface area contributed by atoms with E-state index in [1.54, 1.807) is 0 Å². The molecule has 0 fully saturated rings. The van der Waals surface area contributed by atoms with E-state index in [9.17, 15) is 0 Å². The van der Waals surface area contributed by atoms with Crippen LogP contribution in [0.5, 0.6) is 5.75 Å². The largest absolute Gasteiger partial charge is 0.489 e. The maximum absolute atomic E-state index is 5.83. The minimum atomic E-state index is 0.558. The van der Waals surface area contributed by atoms with Crippen LogP contribution in [0, 0.1) is 25.7 Å². The fourth-order valence-electron chi connectivity index (χ4n) is 4.34. The first-order valence-corrected chi connectivity index (χ1v) is 16.6. The molecule has 0 aliphatic rings. The van der Waals surface area contributed by atoms with E-state index >= 15 is 0 Å². The molecule has 0 aliphatic heterocycles. The number of fused-ring (bicyclic) bond motifs is 2. The molecule has 0 N–H and O–H groups in total. The monoisotopic (exact) mass is 640 g/mol. The van der Waals surface area contributed by atoms with Gasteiger partial charge in [0.25, 0.3) is 0 Å². The van der Waals surface area contributed by atoms with Crippen LogP contribution >= 0.6 is 0 Å². The van der Waals surface area contributed by atoms with Crippen molar-refractivity contribution < 1.29 is 13.6 Å². The Morgan fingerprint density at radius 3 is 1.40 bits per heavy atom. The van der Waals surface area contributed by atoms with Crippen LogP contribution in [0.3, 0.4) is 0 Å². The molecular weight excluding hydrogens is 592 g/mol. The Morgan fingerprint density at radius 1 is 0.521 bits per heavy atom. The van der Waals surface area contributed by atoms with E-state index in [1.165, 1.54) is 11.1 Å². The number of oxazole rings is 2. The molecular formula is C43H48N2O3. The van der Waals surface area contributed by atoms with Gasteiger partial charge >= 0.3 is 0 Å². The van der Waals surface area contributed by atoms with Crippen LogP contribution in [0.15, 0.2) is 130 Å². The van der Waals surface area contributed by atoms with E-state index in [1.807, 2.05) is 116 Å². The van der Waals surface area contributed by atoms with E-state index in [0.717, 1.165) is 56.5 Å². The van der Waals surface area contributed by atoms with Gasteiger partial charge in [0.1, 0.15) is 23.4 Å². The zero-order valence-corrected chi connectivity index (χ0v) is 29.5. The molecule has 5 nitrogen and oxygen atoms in total. The summed E-state index contributed by atoms with van der Waals surface area (Å²) in [5.74, 6) is 3.81. The lowest BCUT2D eigenvalue weighted by atomic mass is 10.2. The molecule has 0 atom stereocenters. The van der Waals surface area contributed by atoms with Crippen LogP contribution in [0.2, 0.25) is 0 Å². The lowest BCUT2D eigenvalue weighted by Gasteiger charge is -2.06. The molecule has 0 unspecified atom stereocenters. The third-order valence-electron chi connectivity index (χ3n) is 6.46. The molecule has 2 heterocycles. The fraction of sp³-hybridized carbons (Fsp3) is 0.256. The van der Waals surface area contributed by atoms with Crippen molar-refractivity contribution in [2.75, 3.05) is 0 Å². The molecule has 0 aliphatic carbocycles. The first-order chi connectivity index (χ1) is 23.1. The second-order valence-electron chi connectivity index (χ2n) is 13.1. The Labute approximate surface area is 285 Å². The second kappa shape index (κ2) is 17.7. The summed E-state index contributed by atoms with van der Waals surface area (Å²) in [4.78, 5) is 9.04. The maximum atomic E-state index is 5.83. The molecule has 5 aromatic carbocycles. The molecule has 7 rings (SSSR count). The van der Waals surface area contributed by atoms with Crippen LogP contribution in [0.1, 0.15) is 58.2 Å². The number of rotatable bonds is 5. The second-order valence-corrected chi connectivity index (χ2v) is 13.1. The number of hydrogen-bond donors (Lipinski definition) is 0. The molecule has 0 saturated heterocycles. The number of hydrogen-bond acceptors (Lipinski definition) is 5. The van der Waals surface area contributed by atoms with Crippen molar-refractivity contribution in [1.82, 2.24) is 9.97 Å². The highest BCUT2D eigenvalue weighted by Crippen LogP contribution is 2.27. The van der Waals surface area contributed by atoms with Gasteiger partial charge in [-0.05, 0) is 103 Å². The highest BCUT2D eigenvalue weighted by Gasteiger charge is 2.09. The van der Waals surface area contributed by atoms with E-state index < -0.39 is 0 Å². The van der Waals surface area contributed by atoms with E-state index in [2.05, 4.69) is 70.6 Å². The van der Waals surface area contributed by atoms with Gasteiger partial charge in [-0.3, -0.25) is 0 Å². The zero-order chi connectivity index (χ0) is 34.5. The maximum Gasteiger partial charge on any atom is 0.227 e. The van der Waals surface area contributed by atoms with Crippen molar-refractivity contribution in [3.63, 3.8) is 0 Å². The molecule has 48 heavy (non-hydrogen) atoms. The summed E-state index contributed by atoms with van der Waals surface area (Å²) >= 11 is 0. The molecule has 0 spiro atoms. The molecule has 7 aromatic rings. The van der Waals surface area contributed by atoms with Crippen molar-refractivity contribution in [2.45, 2.75) is 62.0 Å². The van der Waals surface area contributed by atoms with Gasteiger partial charge in [-0.15, -0.1) is 0 Å². The fourth-order valence-corrected chi connectivity index (χ4v) is 4.34. The standard InChI is InChI=1S/C21H17NO2.C14H11NO.2C4H10/c1-15-7-12-20-19(13-15)22-21(24-20)17-8-10-18(11-9-17)23-14-16-5-3-2-4-6-16;1-10-7-8-13-12(9-10)15-14(16-13)11-5-3-2-4-6-11;2*1-4(2)3/h2-13H,14H2,1H3;2-9H,1H3;2*4H,1-3H3. The van der Waals surface area contributed by atoms with Gasteiger partial charge in [0, 0.05) is 11.1 Å². The highest BCUT2D eigenvalue weighted by molar-refractivity contribution is 5.77. The summed E-state index contributed by atoms with van der Waals surface area (Å²) in [6, 6.07) is 39.9. The van der Waals surface area contributed by atoms with Crippen molar-refractivity contribution in [3.05, 3.63) is 138 Å². The van der Waals surface area contributed by atoms with Crippen molar-refractivity contribution >= 4 is 22.2 Å². The lowest BCUT2D eigenvalue weighted by Crippen LogP contribution is -1.94. The predicted octanol–water partition coefficient (Wildman–Crippen LogP) is 12.5. The van der Waals surface area contributed by atoms with Crippen LogP contribution in [-0.4, -0.2) is 9.97 Å². The van der Waals surface area contributed by atoms with Crippen LogP contribution < -0.4 is 4.74 Å². The summed E-state index contributed by atoms with van der Waals surface area (Å²) in [7, 11) is 0. The van der Waals surface area contributed by atoms with Gasteiger partial charge in [-0.1, -0.05) is 102 Å². The molecule has 0 amide bonds. The number of ether oxygens (including phenoxy) is 1. The normalized spacial score (nSPS) is 10.5. The minimum absolute atomic E-state index is 0.558. The Balaban J connectivity index is 0.000000186. The molecule has 0 saturated carbocycles. The number of aromatic nitrogens is 2. The van der Waals surface area contributed by atoms with Crippen molar-refractivity contribution in [3.8, 4) is 28.7 Å². The van der Waals surface area contributed by atoms with E-state index in [-0.39, 0.29) is 0 Å². The molecule has 5 heteroatoms. The Kier molecular flexibility index (Phi) is 13.1. The van der Waals surface area contributed by atoms with Crippen molar-refractivity contribution in [2.24, 2.45) is 11.8 Å². The third-order valence-corrected chi connectivity index (χ3v) is 6.46. The topological polar surface area (TPSA) is 61.3 Å². The minimum Gasteiger partial charge on any atom is -0.489 e. The Hall–Kier alpha value is -5.16. The molecule has 0 radical (unpaired) electrons. The van der Waals surface area contributed by atoms with Gasteiger partial charge in [-0.2, -0.15) is 0 Å². The van der Waals surface area contributed by atoms with Gasteiger partial charge in [0.05, 0.1) is 0 Å². The SMILES string of the molecule is CC(C)C.CC(C)C.Cc1ccc2oc(-c3ccc(OCc4ccccc4)cc3)nc2c1.Cc1ccc2oc(-c3ccccc3)nc2c1. The van der Waals surface area contributed by atoms with E-state index in [4.69, 9.17) is 13.6 Å². The van der Waals surface area contributed by atoms with Gasteiger partial charge in [0.15, 0.2) is 11.2 Å². The average molecular weight is 641 g/mol. The first-order valence-electron chi connectivity index (χ1n) is 16.6. The molecule has 2 aromatic heterocycles. The number of nitrogens with zero attached hydrogens (tertiary/aromatic N) is 2. The zero-order valence-electron chi connectivity index (χ0n) is 29.5. The van der Waals surface area contributed by atoms with Gasteiger partial charge in [0.2, 0.25) is 11.8 Å². The number of aryl methyl sites for hydroxylation is 2. The Morgan fingerprint density at radius 2 is 0.938 bits per heavy atom. The highest BCUT2D eigenvalue weighted by atomic mass is 16.5. The molecule has 0 bridgehead atoms. The summed E-state index contributed by atoms with van der Waals surface area (Å²) in [6.07, 6.45) is 0. The van der Waals surface area contributed by atoms with Gasteiger partial charge in [-0.25, -0.2) is 9.97 Å². The predicted molar refractivity (Wildman–Crippen MR) is 200 cm³/mol. The van der Waals surface area contributed by atoms with Crippen LogP contribution in [0.25, 0.3) is 45.1 Å². The lowest BCUT2D eigenvalue weighted by molar-refractivity contribution is 0.306. The Bertz CT molecular complexity index is 1940. The average Bonchev–Trinajstić information content (AvgIpc) is 3.69. The summed E-state index contributed by atoms with van der Waals surface area (Å²) in [5.41, 5.74) is 8.91. The van der Waals surface area contributed by atoms with Gasteiger partial charge < -0.3 is 13.6 Å². The van der Waals surface area contributed by atoms with E-state index in [0.29, 0.717) is 18.4 Å². The van der Waals surface area contributed by atoms with Crippen LogP contribution in [0.4, 0.5) is 0 Å². The smallest absolute Gasteiger partial charge is 0.227 e. The summed E-state index contributed by atoms with van der Waals surface area (Å²) in [6.45, 7) is 17.7. The van der Waals surface area contributed by atoms with Crippen molar-refractivity contribution in [1.29, 1.82) is 0 Å².